The Hall–Kier alpha value is -2.15. The molecule has 7 heteroatoms. The zero-order valence-electron chi connectivity index (χ0n) is 12.1. The molecule has 1 aromatic rings. The number of benzene rings is 1. The van der Waals surface area contributed by atoms with E-state index in [1.54, 1.807) is 0 Å². The van der Waals surface area contributed by atoms with E-state index in [-0.39, 0.29) is 5.69 Å². The van der Waals surface area contributed by atoms with Crippen LogP contribution in [0.25, 0.3) is 0 Å². The number of carbonyl (C=O) groups excluding carboxylic acids is 1. The molecule has 1 aromatic carbocycles. The van der Waals surface area contributed by atoms with E-state index in [2.05, 4.69) is 15.5 Å². The van der Waals surface area contributed by atoms with Crippen molar-refractivity contribution in [3.05, 3.63) is 29.6 Å². The van der Waals surface area contributed by atoms with Crippen LogP contribution < -0.4 is 10.6 Å². The molecule has 0 unspecified atom stereocenters. The SMILES string of the molecule is CN(C)CCCCNC(=O)Nc1ccc(F)c(C(=O)O)c1. The number of nitrogens with zero attached hydrogens (tertiary/aromatic N) is 1. The fraction of sp³-hybridized carbons (Fsp3) is 0.429. The second-order valence-electron chi connectivity index (χ2n) is 4.89. The maximum absolute atomic E-state index is 13.2. The van der Waals surface area contributed by atoms with Crippen LogP contribution in [0.2, 0.25) is 0 Å². The Morgan fingerprint density at radius 1 is 1.29 bits per heavy atom. The summed E-state index contributed by atoms with van der Waals surface area (Å²) in [6.07, 6.45) is 1.81. The normalized spacial score (nSPS) is 10.5. The number of carbonyl (C=O) groups is 2. The molecule has 0 atom stereocenters. The first-order chi connectivity index (χ1) is 9.90. The second kappa shape index (κ2) is 8.21. The van der Waals surface area contributed by atoms with E-state index in [4.69, 9.17) is 5.11 Å². The Balaban J connectivity index is 2.41. The molecule has 116 valence electrons. The Morgan fingerprint density at radius 3 is 2.62 bits per heavy atom. The third kappa shape index (κ3) is 6.22. The Kier molecular flexibility index (Phi) is 6.61. The van der Waals surface area contributed by atoms with Gasteiger partial charge in [-0.25, -0.2) is 14.0 Å². The van der Waals surface area contributed by atoms with E-state index >= 15 is 0 Å². The van der Waals surface area contributed by atoms with Crippen LogP contribution >= 0.6 is 0 Å². The number of rotatable bonds is 7. The maximum Gasteiger partial charge on any atom is 0.338 e. The van der Waals surface area contributed by atoms with Gasteiger partial charge in [-0.1, -0.05) is 0 Å². The molecule has 0 aliphatic carbocycles. The summed E-state index contributed by atoms with van der Waals surface area (Å²) in [5.74, 6) is -2.21. The highest BCUT2D eigenvalue weighted by molar-refractivity contribution is 5.93. The number of carboxylic acid groups (broad SMARTS) is 1. The number of nitrogens with one attached hydrogen (secondary N) is 2. The molecule has 1 rings (SSSR count). The van der Waals surface area contributed by atoms with Gasteiger partial charge in [-0.3, -0.25) is 0 Å². The number of halogens is 1. The standard InChI is InChI=1S/C14H20FN3O3/c1-18(2)8-4-3-7-16-14(21)17-10-5-6-12(15)11(9-10)13(19)20/h5-6,9H,3-4,7-8H2,1-2H3,(H,19,20)(H2,16,17,21). The molecular weight excluding hydrogens is 277 g/mol. The van der Waals surface area contributed by atoms with Gasteiger partial charge in [0.1, 0.15) is 5.82 Å². The molecule has 0 aliphatic heterocycles. The first-order valence-corrected chi connectivity index (χ1v) is 6.62. The van der Waals surface area contributed by atoms with Gasteiger partial charge < -0.3 is 20.6 Å². The fourth-order valence-electron chi connectivity index (χ4n) is 1.70. The maximum atomic E-state index is 13.2. The molecular formula is C14H20FN3O3. The molecule has 3 N–H and O–H groups in total. The molecule has 0 aliphatic rings. The zero-order valence-corrected chi connectivity index (χ0v) is 12.1. The van der Waals surface area contributed by atoms with Crippen molar-refractivity contribution in [3.8, 4) is 0 Å². The molecule has 0 heterocycles. The summed E-state index contributed by atoms with van der Waals surface area (Å²) in [7, 11) is 3.96. The third-order valence-electron chi connectivity index (χ3n) is 2.77. The third-order valence-corrected chi connectivity index (χ3v) is 2.77. The van der Waals surface area contributed by atoms with E-state index in [0.717, 1.165) is 31.5 Å². The topological polar surface area (TPSA) is 81.7 Å². The summed E-state index contributed by atoms with van der Waals surface area (Å²) >= 11 is 0. The molecule has 21 heavy (non-hydrogen) atoms. The van der Waals surface area contributed by atoms with Crippen molar-refractivity contribution < 1.29 is 19.1 Å². The monoisotopic (exact) mass is 297 g/mol. The first-order valence-electron chi connectivity index (χ1n) is 6.62. The number of aromatic carboxylic acids is 1. The van der Waals surface area contributed by atoms with Gasteiger partial charge in [-0.2, -0.15) is 0 Å². The number of anilines is 1. The fourth-order valence-corrected chi connectivity index (χ4v) is 1.70. The molecule has 0 spiro atoms. The summed E-state index contributed by atoms with van der Waals surface area (Å²) in [5, 5.41) is 13.9. The van der Waals surface area contributed by atoms with E-state index in [1.165, 1.54) is 6.07 Å². The average molecular weight is 297 g/mol. The molecule has 6 nitrogen and oxygen atoms in total. The van der Waals surface area contributed by atoms with Gasteiger partial charge in [0, 0.05) is 12.2 Å². The van der Waals surface area contributed by atoms with Gasteiger partial charge in [-0.15, -0.1) is 0 Å². The highest BCUT2D eigenvalue weighted by Crippen LogP contribution is 2.14. The van der Waals surface area contributed by atoms with Crippen LogP contribution in [0.5, 0.6) is 0 Å². The summed E-state index contributed by atoms with van der Waals surface area (Å²) < 4.78 is 13.2. The zero-order chi connectivity index (χ0) is 15.8. The minimum absolute atomic E-state index is 0.236. The van der Waals surface area contributed by atoms with Crippen LogP contribution in [-0.2, 0) is 0 Å². The van der Waals surface area contributed by atoms with Gasteiger partial charge in [0.15, 0.2) is 0 Å². The Morgan fingerprint density at radius 2 is 2.00 bits per heavy atom. The van der Waals surface area contributed by atoms with Crippen molar-refractivity contribution in [2.24, 2.45) is 0 Å². The minimum atomic E-state index is -1.37. The van der Waals surface area contributed by atoms with Crippen LogP contribution in [0, 0.1) is 5.82 Å². The number of unbranched alkanes of at least 4 members (excludes halogenated alkanes) is 1. The van der Waals surface area contributed by atoms with Crippen LogP contribution in [0.1, 0.15) is 23.2 Å². The molecule has 0 radical (unpaired) electrons. The molecule has 0 saturated heterocycles. The average Bonchev–Trinajstić information content (AvgIpc) is 2.40. The summed E-state index contributed by atoms with van der Waals surface area (Å²) in [6.45, 7) is 1.47. The van der Waals surface area contributed by atoms with Gasteiger partial charge in [0.2, 0.25) is 0 Å². The molecule has 2 amide bonds. The highest BCUT2D eigenvalue weighted by Gasteiger charge is 2.11. The summed E-state index contributed by atoms with van der Waals surface area (Å²) in [5.41, 5.74) is -0.238. The summed E-state index contributed by atoms with van der Waals surface area (Å²) in [6, 6.07) is 2.97. The van der Waals surface area contributed by atoms with Gasteiger partial charge in [0.05, 0.1) is 5.56 Å². The van der Waals surface area contributed by atoms with Crippen molar-refractivity contribution >= 4 is 17.7 Å². The lowest BCUT2D eigenvalue weighted by atomic mass is 10.2. The predicted octanol–water partition coefficient (Wildman–Crippen LogP) is 1.99. The Labute approximate surface area is 122 Å². The van der Waals surface area contributed by atoms with Crippen molar-refractivity contribution in [1.82, 2.24) is 10.2 Å². The number of urea groups is 1. The molecule has 0 bridgehead atoms. The number of hydrogen-bond donors (Lipinski definition) is 3. The van der Waals surface area contributed by atoms with E-state index in [0.29, 0.717) is 6.54 Å². The molecule has 0 aromatic heterocycles. The number of carboxylic acids is 1. The van der Waals surface area contributed by atoms with E-state index in [9.17, 15) is 14.0 Å². The minimum Gasteiger partial charge on any atom is -0.478 e. The second-order valence-corrected chi connectivity index (χ2v) is 4.89. The van der Waals surface area contributed by atoms with Gasteiger partial charge >= 0.3 is 12.0 Å². The largest absolute Gasteiger partial charge is 0.478 e. The van der Waals surface area contributed by atoms with Crippen LogP contribution in [0.15, 0.2) is 18.2 Å². The lowest BCUT2D eigenvalue weighted by molar-refractivity contribution is 0.0692. The van der Waals surface area contributed by atoms with Crippen LogP contribution in [-0.4, -0.2) is 49.2 Å². The first kappa shape index (κ1) is 16.9. The van der Waals surface area contributed by atoms with Crippen molar-refractivity contribution in [2.45, 2.75) is 12.8 Å². The Bertz CT molecular complexity index is 506. The lowest BCUT2D eigenvalue weighted by Gasteiger charge is -2.10. The quantitative estimate of drug-likeness (QED) is 0.672. The van der Waals surface area contributed by atoms with Crippen molar-refractivity contribution in [2.75, 3.05) is 32.5 Å². The number of amides is 2. The lowest BCUT2D eigenvalue weighted by Crippen LogP contribution is -2.30. The predicted molar refractivity (Wildman–Crippen MR) is 78.2 cm³/mol. The smallest absolute Gasteiger partial charge is 0.338 e. The molecule has 0 saturated carbocycles. The number of hydrogen-bond acceptors (Lipinski definition) is 3. The summed E-state index contributed by atoms with van der Waals surface area (Å²) in [4.78, 5) is 24.4. The highest BCUT2D eigenvalue weighted by atomic mass is 19.1. The van der Waals surface area contributed by atoms with Crippen LogP contribution in [0.3, 0.4) is 0 Å². The van der Waals surface area contributed by atoms with E-state index in [1.807, 2.05) is 14.1 Å². The van der Waals surface area contributed by atoms with E-state index < -0.39 is 23.4 Å². The molecule has 0 fully saturated rings. The van der Waals surface area contributed by atoms with Gasteiger partial charge in [-0.05, 0) is 51.7 Å². The van der Waals surface area contributed by atoms with Crippen LogP contribution in [0.4, 0.5) is 14.9 Å². The van der Waals surface area contributed by atoms with Crippen molar-refractivity contribution in [1.29, 1.82) is 0 Å². The van der Waals surface area contributed by atoms with Crippen molar-refractivity contribution in [3.63, 3.8) is 0 Å². The van der Waals surface area contributed by atoms with Gasteiger partial charge in [0.25, 0.3) is 0 Å².